The van der Waals surface area contributed by atoms with Gasteiger partial charge in [-0.25, -0.2) is 10.7 Å². The molecule has 3 N–H and O–H groups in total. The second kappa shape index (κ2) is 5.09. The normalized spacial score (nSPS) is 10.4. The molecule has 0 atom stereocenters. The Hall–Kier alpha value is -1.69. The zero-order chi connectivity index (χ0) is 12.3. The highest BCUT2D eigenvalue weighted by Gasteiger charge is 2.10. The first-order valence-electron chi connectivity index (χ1n) is 4.94. The highest BCUT2D eigenvalue weighted by atomic mass is 32.1. The van der Waals surface area contributed by atoms with Gasteiger partial charge in [-0.15, -0.1) is 11.3 Å². The van der Waals surface area contributed by atoms with Crippen molar-refractivity contribution < 1.29 is 14.7 Å². The van der Waals surface area contributed by atoms with Crippen LogP contribution in [0.3, 0.4) is 0 Å². The molecule has 1 aromatic heterocycles. The summed E-state index contributed by atoms with van der Waals surface area (Å²) in [5, 5.41) is 10.5. The third-order valence-corrected chi connectivity index (χ3v) is 3.33. The quantitative estimate of drug-likeness (QED) is 0.816. The van der Waals surface area contributed by atoms with Crippen molar-refractivity contribution in [3.63, 3.8) is 0 Å². The van der Waals surface area contributed by atoms with Crippen molar-refractivity contribution in [3.05, 3.63) is 46.8 Å². The highest BCUT2D eigenvalue weighted by Crippen LogP contribution is 2.30. The number of hydrogen-bond donors (Lipinski definition) is 2. The van der Waals surface area contributed by atoms with E-state index < -0.39 is 5.97 Å². The van der Waals surface area contributed by atoms with Crippen LogP contribution in [0, 0.1) is 0 Å². The monoisotopic (exact) mass is 249 g/mol. The van der Waals surface area contributed by atoms with E-state index in [9.17, 15) is 4.79 Å². The summed E-state index contributed by atoms with van der Waals surface area (Å²) in [5.74, 6) is 4.15. The molecule has 0 fully saturated rings. The highest BCUT2D eigenvalue weighted by molar-refractivity contribution is 7.13. The van der Waals surface area contributed by atoms with E-state index in [-0.39, 0.29) is 0 Å². The molecule has 0 amide bonds. The predicted octanol–water partition coefficient (Wildman–Crippen LogP) is 2.50. The van der Waals surface area contributed by atoms with Crippen molar-refractivity contribution in [2.45, 2.75) is 6.61 Å². The van der Waals surface area contributed by atoms with Crippen molar-refractivity contribution in [1.82, 2.24) is 0 Å². The third kappa shape index (κ3) is 2.52. The first-order valence-corrected chi connectivity index (χ1v) is 5.82. The number of hydrogen-bond acceptors (Lipinski definition) is 4. The number of nitrogens with two attached hydrogens (primary N) is 1. The number of thiophene rings is 1. The second-order valence-corrected chi connectivity index (χ2v) is 4.38. The molecular formula is C12H11NO3S. The topological polar surface area (TPSA) is 72.5 Å². The maximum atomic E-state index is 10.8. The fourth-order valence-electron chi connectivity index (χ4n) is 1.57. The summed E-state index contributed by atoms with van der Waals surface area (Å²) in [7, 11) is 0. The third-order valence-electron chi connectivity index (χ3n) is 2.37. The summed E-state index contributed by atoms with van der Waals surface area (Å²) in [6, 6.07) is 9.27. The van der Waals surface area contributed by atoms with E-state index in [2.05, 4.69) is 4.84 Å². The molecule has 0 saturated carbocycles. The average Bonchev–Trinajstić information content (AvgIpc) is 2.79. The summed E-state index contributed by atoms with van der Waals surface area (Å²) < 4.78 is 0. The minimum absolute atomic E-state index is 0.300. The second-order valence-electron chi connectivity index (χ2n) is 3.47. The van der Waals surface area contributed by atoms with Crippen LogP contribution in [-0.2, 0) is 11.4 Å². The Morgan fingerprint density at radius 1 is 1.41 bits per heavy atom. The Balaban J connectivity index is 2.41. The summed E-state index contributed by atoms with van der Waals surface area (Å²) >= 11 is 1.39. The van der Waals surface area contributed by atoms with Gasteiger partial charge in [0.25, 0.3) is 0 Å². The number of carbonyl (C=O) groups is 1. The van der Waals surface area contributed by atoms with E-state index in [4.69, 9.17) is 11.0 Å². The van der Waals surface area contributed by atoms with Gasteiger partial charge in [0.15, 0.2) is 0 Å². The average molecular weight is 249 g/mol. The number of carboxylic acid groups (broad SMARTS) is 1. The molecule has 0 bridgehead atoms. The maximum absolute atomic E-state index is 10.8. The molecule has 1 aromatic carbocycles. The van der Waals surface area contributed by atoms with Crippen molar-refractivity contribution >= 4 is 17.3 Å². The molecule has 2 rings (SSSR count). The lowest BCUT2D eigenvalue weighted by molar-refractivity contribution is 0.0697. The fraction of sp³-hybridized carbons (Fsp3) is 0.0833. The zero-order valence-electron chi connectivity index (χ0n) is 8.92. The number of aromatic carboxylic acids is 1. The molecule has 0 spiro atoms. The lowest BCUT2D eigenvalue weighted by Crippen LogP contribution is -2.00. The summed E-state index contributed by atoms with van der Waals surface area (Å²) in [6.45, 7) is 0.302. The van der Waals surface area contributed by atoms with Gasteiger partial charge in [0.05, 0.1) is 12.2 Å². The van der Waals surface area contributed by atoms with E-state index in [0.717, 1.165) is 16.0 Å². The van der Waals surface area contributed by atoms with E-state index >= 15 is 0 Å². The minimum atomic E-state index is -0.917. The molecule has 0 saturated heterocycles. The van der Waals surface area contributed by atoms with E-state index in [1.807, 2.05) is 24.3 Å². The van der Waals surface area contributed by atoms with Crippen molar-refractivity contribution in [3.8, 4) is 10.4 Å². The van der Waals surface area contributed by atoms with Gasteiger partial charge in [0, 0.05) is 10.3 Å². The van der Waals surface area contributed by atoms with Crippen LogP contribution in [0.5, 0.6) is 0 Å². The van der Waals surface area contributed by atoms with Crippen molar-refractivity contribution in [2.24, 2.45) is 5.90 Å². The molecule has 0 aliphatic heterocycles. The van der Waals surface area contributed by atoms with E-state index in [1.54, 1.807) is 11.4 Å². The van der Waals surface area contributed by atoms with Crippen molar-refractivity contribution in [2.75, 3.05) is 0 Å². The van der Waals surface area contributed by atoms with Crippen LogP contribution in [0.2, 0.25) is 0 Å². The largest absolute Gasteiger partial charge is 0.478 e. The van der Waals surface area contributed by atoms with Crippen LogP contribution in [-0.4, -0.2) is 11.1 Å². The van der Waals surface area contributed by atoms with Crippen LogP contribution in [0.25, 0.3) is 10.4 Å². The molecule has 88 valence electrons. The van der Waals surface area contributed by atoms with E-state index in [1.165, 1.54) is 11.3 Å². The number of carboxylic acids is 1. The lowest BCUT2D eigenvalue weighted by atomic mass is 10.1. The van der Waals surface area contributed by atoms with Crippen LogP contribution in [0.4, 0.5) is 0 Å². The van der Waals surface area contributed by atoms with Crippen LogP contribution in [0.1, 0.15) is 15.9 Å². The number of benzene rings is 1. The molecule has 0 aliphatic carbocycles. The molecule has 17 heavy (non-hydrogen) atoms. The Morgan fingerprint density at radius 3 is 2.82 bits per heavy atom. The molecule has 0 radical (unpaired) electrons. The zero-order valence-corrected chi connectivity index (χ0v) is 9.74. The van der Waals surface area contributed by atoms with Gasteiger partial charge >= 0.3 is 5.97 Å². The smallest absolute Gasteiger partial charge is 0.336 e. The summed E-state index contributed by atoms with van der Waals surface area (Å²) in [5.41, 5.74) is 2.19. The number of rotatable bonds is 4. The van der Waals surface area contributed by atoms with Crippen LogP contribution >= 0.6 is 11.3 Å². The van der Waals surface area contributed by atoms with Gasteiger partial charge in [0.2, 0.25) is 0 Å². The first kappa shape index (κ1) is 11.8. The fourth-order valence-corrected chi connectivity index (χ4v) is 2.51. The standard InChI is InChI=1S/C12H11NO3S/c13-16-6-8-3-1-2-4-10(8)11-5-9(7-17-11)12(14)15/h1-5,7H,6,13H2,(H,14,15). The molecular weight excluding hydrogens is 238 g/mol. The van der Waals surface area contributed by atoms with Gasteiger partial charge in [-0.05, 0) is 17.2 Å². The maximum Gasteiger partial charge on any atom is 0.336 e. The van der Waals surface area contributed by atoms with Crippen LogP contribution in [0.15, 0.2) is 35.7 Å². The SMILES string of the molecule is NOCc1ccccc1-c1cc(C(=O)O)cs1. The Morgan fingerprint density at radius 2 is 2.18 bits per heavy atom. The molecule has 4 nitrogen and oxygen atoms in total. The summed E-state index contributed by atoms with van der Waals surface area (Å²) in [6.07, 6.45) is 0. The van der Waals surface area contributed by atoms with E-state index in [0.29, 0.717) is 12.2 Å². The molecule has 2 aromatic rings. The van der Waals surface area contributed by atoms with Gasteiger partial charge in [-0.3, -0.25) is 4.84 Å². The Kier molecular flexibility index (Phi) is 3.53. The van der Waals surface area contributed by atoms with Gasteiger partial charge in [0.1, 0.15) is 0 Å². The Bertz CT molecular complexity index is 536. The molecule has 5 heteroatoms. The minimum Gasteiger partial charge on any atom is -0.478 e. The first-order chi connectivity index (χ1) is 8.22. The van der Waals surface area contributed by atoms with Gasteiger partial charge in [-0.1, -0.05) is 24.3 Å². The van der Waals surface area contributed by atoms with Gasteiger partial charge in [-0.2, -0.15) is 0 Å². The lowest BCUT2D eigenvalue weighted by Gasteiger charge is -2.05. The Labute approximate surface area is 102 Å². The predicted molar refractivity (Wildman–Crippen MR) is 65.7 cm³/mol. The molecule has 1 heterocycles. The molecule has 0 aliphatic rings. The van der Waals surface area contributed by atoms with Crippen LogP contribution < -0.4 is 5.90 Å². The molecule has 0 unspecified atom stereocenters. The van der Waals surface area contributed by atoms with Gasteiger partial charge < -0.3 is 5.11 Å². The van der Waals surface area contributed by atoms with Crippen molar-refractivity contribution in [1.29, 1.82) is 0 Å². The summed E-state index contributed by atoms with van der Waals surface area (Å²) in [4.78, 5) is 16.3.